The number of benzene rings is 1. The predicted molar refractivity (Wildman–Crippen MR) is 77.6 cm³/mol. The summed E-state index contributed by atoms with van der Waals surface area (Å²) in [6.45, 7) is 2.58. The molecule has 0 fully saturated rings. The van der Waals surface area contributed by atoms with E-state index in [2.05, 4.69) is 46.4 Å². The van der Waals surface area contributed by atoms with E-state index in [0.29, 0.717) is 6.54 Å². The monoisotopic (exact) mass is 259 g/mol. The molecule has 0 bridgehead atoms. The van der Waals surface area contributed by atoms with E-state index in [4.69, 9.17) is 5.73 Å². The second-order valence-electron chi connectivity index (χ2n) is 4.76. The standard InChI is InChI=1S/C14H21N5/c1-4-5-14-13(10-15)16-17-19(14)12-8-6-11(7-9-12)18(2)3/h6-9H,4-5,10,15H2,1-3H3. The Kier molecular flexibility index (Phi) is 4.16. The molecule has 5 nitrogen and oxygen atoms in total. The van der Waals surface area contributed by atoms with Crippen LogP contribution in [0, 0.1) is 0 Å². The Balaban J connectivity index is 2.38. The van der Waals surface area contributed by atoms with Crippen LogP contribution >= 0.6 is 0 Å². The molecule has 0 aliphatic heterocycles. The number of hydrogen-bond acceptors (Lipinski definition) is 4. The van der Waals surface area contributed by atoms with Crippen LogP contribution in [0.2, 0.25) is 0 Å². The lowest BCUT2D eigenvalue weighted by molar-refractivity contribution is 0.745. The van der Waals surface area contributed by atoms with Crippen LogP contribution in [-0.4, -0.2) is 29.1 Å². The zero-order valence-electron chi connectivity index (χ0n) is 11.8. The summed E-state index contributed by atoms with van der Waals surface area (Å²) < 4.78 is 1.89. The third kappa shape index (κ3) is 2.76. The highest BCUT2D eigenvalue weighted by Crippen LogP contribution is 2.18. The van der Waals surface area contributed by atoms with E-state index in [9.17, 15) is 0 Å². The lowest BCUT2D eigenvalue weighted by atomic mass is 10.2. The molecular formula is C14H21N5. The Bertz CT molecular complexity index is 527. The van der Waals surface area contributed by atoms with Gasteiger partial charge in [0.2, 0.25) is 0 Å². The molecule has 0 radical (unpaired) electrons. The van der Waals surface area contributed by atoms with Crippen molar-refractivity contribution in [3.8, 4) is 5.69 Å². The minimum atomic E-state index is 0.436. The van der Waals surface area contributed by atoms with Gasteiger partial charge in [0.1, 0.15) is 0 Å². The molecule has 2 rings (SSSR count). The van der Waals surface area contributed by atoms with Gasteiger partial charge >= 0.3 is 0 Å². The lowest BCUT2D eigenvalue weighted by Gasteiger charge is -2.13. The van der Waals surface area contributed by atoms with Gasteiger partial charge in [0.25, 0.3) is 0 Å². The molecule has 1 aromatic heterocycles. The number of hydrogen-bond donors (Lipinski definition) is 1. The third-order valence-electron chi connectivity index (χ3n) is 3.13. The number of anilines is 1. The van der Waals surface area contributed by atoms with Crippen molar-refractivity contribution in [2.24, 2.45) is 5.73 Å². The average Bonchev–Trinajstić information content (AvgIpc) is 2.82. The molecular weight excluding hydrogens is 238 g/mol. The fourth-order valence-electron chi connectivity index (χ4n) is 2.08. The van der Waals surface area contributed by atoms with Crippen molar-refractivity contribution in [1.29, 1.82) is 0 Å². The maximum Gasteiger partial charge on any atom is 0.0999 e. The zero-order chi connectivity index (χ0) is 13.8. The summed E-state index contributed by atoms with van der Waals surface area (Å²) in [6, 6.07) is 8.27. The van der Waals surface area contributed by atoms with Crippen LogP contribution in [0.4, 0.5) is 5.69 Å². The Morgan fingerprint density at radius 3 is 2.42 bits per heavy atom. The zero-order valence-corrected chi connectivity index (χ0v) is 11.8. The number of aromatic nitrogens is 3. The summed E-state index contributed by atoms with van der Waals surface area (Å²) in [4.78, 5) is 2.07. The van der Waals surface area contributed by atoms with Crippen molar-refractivity contribution in [3.05, 3.63) is 35.7 Å². The van der Waals surface area contributed by atoms with Crippen LogP contribution in [-0.2, 0) is 13.0 Å². The van der Waals surface area contributed by atoms with E-state index in [1.165, 1.54) is 5.69 Å². The topological polar surface area (TPSA) is 60.0 Å². The molecule has 0 saturated heterocycles. The van der Waals surface area contributed by atoms with E-state index in [-0.39, 0.29) is 0 Å². The van der Waals surface area contributed by atoms with E-state index >= 15 is 0 Å². The van der Waals surface area contributed by atoms with Gasteiger partial charge in [-0.2, -0.15) is 0 Å². The average molecular weight is 259 g/mol. The highest BCUT2D eigenvalue weighted by Gasteiger charge is 2.12. The summed E-state index contributed by atoms with van der Waals surface area (Å²) in [7, 11) is 4.05. The van der Waals surface area contributed by atoms with Crippen LogP contribution in [0.5, 0.6) is 0 Å². The first-order chi connectivity index (χ1) is 9.17. The molecule has 2 N–H and O–H groups in total. The number of nitrogens with two attached hydrogens (primary N) is 1. The van der Waals surface area contributed by atoms with Crippen LogP contribution in [0.15, 0.2) is 24.3 Å². The van der Waals surface area contributed by atoms with Crippen LogP contribution in [0.3, 0.4) is 0 Å². The molecule has 0 spiro atoms. The van der Waals surface area contributed by atoms with Crippen molar-refractivity contribution in [2.75, 3.05) is 19.0 Å². The van der Waals surface area contributed by atoms with E-state index in [1.807, 2.05) is 18.8 Å². The summed E-state index contributed by atoms with van der Waals surface area (Å²) in [5.74, 6) is 0. The van der Waals surface area contributed by atoms with Crippen LogP contribution in [0.25, 0.3) is 5.69 Å². The Labute approximate surface area is 114 Å². The third-order valence-corrected chi connectivity index (χ3v) is 3.13. The van der Waals surface area contributed by atoms with Crippen molar-refractivity contribution < 1.29 is 0 Å². The van der Waals surface area contributed by atoms with E-state index in [0.717, 1.165) is 29.9 Å². The second-order valence-corrected chi connectivity index (χ2v) is 4.76. The van der Waals surface area contributed by atoms with Gasteiger partial charge in [0.15, 0.2) is 0 Å². The van der Waals surface area contributed by atoms with E-state index in [1.54, 1.807) is 0 Å². The molecule has 19 heavy (non-hydrogen) atoms. The molecule has 5 heteroatoms. The summed E-state index contributed by atoms with van der Waals surface area (Å²) in [6.07, 6.45) is 1.99. The highest BCUT2D eigenvalue weighted by molar-refractivity contribution is 5.50. The highest BCUT2D eigenvalue weighted by atomic mass is 15.4. The fraction of sp³-hybridized carbons (Fsp3) is 0.429. The van der Waals surface area contributed by atoms with Gasteiger partial charge < -0.3 is 10.6 Å². The van der Waals surface area contributed by atoms with Crippen molar-refractivity contribution in [1.82, 2.24) is 15.0 Å². The molecule has 0 saturated carbocycles. The predicted octanol–water partition coefficient (Wildman–Crippen LogP) is 1.74. The molecule has 0 aliphatic carbocycles. The Hall–Kier alpha value is -1.88. The van der Waals surface area contributed by atoms with Gasteiger partial charge in [0, 0.05) is 26.3 Å². The summed E-state index contributed by atoms with van der Waals surface area (Å²) >= 11 is 0. The lowest BCUT2D eigenvalue weighted by Crippen LogP contribution is -2.09. The summed E-state index contributed by atoms with van der Waals surface area (Å²) in [5, 5.41) is 8.39. The molecule has 1 aromatic carbocycles. The van der Waals surface area contributed by atoms with Gasteiger partial charge in [-0.25, -0.2) is 4.68 Å². The molecule has 1 heterocycles. The first-order valence-electron chi connectivity index (χ1n) is 6.58. The van der Waals surface area contributed by atoms with Gasteiger partial charge in [-0.05, 0) is 30.7 Å². The largest absolute Gasteiger partial charge is 0.378 e. The Morgan fingerprint density at radius 1 is 1.21 bits per heavy atom. The number of nitrogens with zero attached hydrogens (tertiary/aromatic N) is 4. The summed E-state index contributed by atoms with van der Waals surface area (Å²) in [5.41, 5.74) is 9.91. The van der Waals surface area contributed by atoms with Gasteiger partial charge in [-0.15, -0.1) is 5.10 Å². The second kappa shape index (κ2) is 5.84. The molecule has 0 aliphatic rings. The quantitative estimate of drug-likeness (QED) is 0.888. The molecule has 102 valence electrons. The van der Waals surface area contributed by atoms with Crippen molar-refractivity contribution in [2.45, 2.75) is 26.3 Å². The smallest absolute Gasteiger partial charge is 0.0999 e. The van der Waals surface area contributed by atoms with Gasteiger partial charge in [0.05, 0.1) is 17.1 Å². The Morgan fingerprint density at radius 2 is 1.89 bits per heavy atom. The maximum absolute atomic E-state index is 5.71. The van der Waals surface area contributed by atoms with Crippen molar-refractivity contribution in [3.63, 3.8) is 0 Å². The van der Waals surface area contributed by atoms with Crippen LogP contribution in [0.1, 0.15) is 24.7 Å². The normalized spacial score (nSPS) is 10.7. The molecule has 0 amide bonds. The first kappa shape index (κ1) is 13.5. The van der Waals surface area contributed by atoms with Gasteiger partial charge in [-0.1, -0.05) is 18.6 Å². The molecule has 2 aromatic rings. The molecule has 0 atom stereocenters. The van der Waals surface area contributed by atoms with Gasteiger partial charge in [-0.3, -0.25) is 0 Å². The number of rotatable bonds is 5. The van der Waals surface area contributed by atoms with Crippen LogP contribution < -0.4 is 10.6 Å². The maximum atomic E-state index is 5.71. The first-order valence-corrected chi connectivity index (χ1v) is 6.58. The molecule has 0 unspecified atom stereocenters. The minimum absolute atomic E-state index is 0.436. The SMILES string of the molecule is CCCc1c(CN)nnn1-c1ccc(N(C)C)cc1. The van der Waals surface area contributed by atoms with E-state index < -0.39 is 0 Å². The van der Waals surface area contributed by atoms with Crippen molar-refractivity contribution >= 4 is 5.69 Å². The minimum Gasteiger partial charge on any atom is -0.378 e. The fourth-order valence-corrected chi connectivity index (χ4v) is 2.08.